The fourth-order valence-electron chi connectivity index (χ4n) is 2.57. The number of benzene rings is 3. The Labute approximate surface area is 155 Å². The maximum Gasteiger partial charge on any atom is 0.342 e. The van der Waals surface area contributed by atoms with Crippen molar-refractivity contribution in [1.82, 2.24) is 0 Å². The Balaban J connectivity index is 1.67. The predicted octanol–water partition coefficient (Wildman–Crippen LogP) is 4.30. The molecule has 0 bridgehead atoms. The van der Waals surface area contributed by atoms with Crippen LogP contribution >= 0.6 is 11.6 Å². The first-order valence-electron chi connectivity index (χ1n) is 7.87. The highest BCUT2D eigenvalue weighted by molar-refractivity contribution is 6.31. The topological polar surface area (TPSA) is 64.6 Å². The second kappa shape index (κ2) is 7.89. The number of hydrogen-bond donors (Lipinski definition) is 1. The zero-order chi connectivity index (χ0) is 18.5. The van der Waals surface area contributed by atoms with Gasteiger partial charge in [0.15, 0.2) is 6.61 Å². The van der Waals surface area contributed by atoms with Gasteiger partial charge in [-0.05, 0) is 29.7 Å². The average Bonchev–Trinajstić information content (AvgIpc) is 2.66. The fraction of sp³-hybridized carbons (Fsp3) is 0.100. The summed E-state index contributed by atoms with van der Waals surface area (Å²) in [6.07, 6.45) is 0. The summed E-state index contributed by atoms with van der Waals surface area (Å²) in [6.45, 7) is -0.419. The number of carbonyl (C=O) groups excluding carboxylic acids is 2. The Morgan fingerprint density at radius 3 is 2.62 bits per heavy atom. The van der Waals surface area contributed by atoms with Gasteiger partial charge in [-0.1, -0.05) is 48.0 Å². The number of hydrogen-bond acceptors (Lipinski definition) is 4. The smallest absolute Gasteiger partial charge is 0.342 e. The van der Waals surface area contributed by atoms with Crippen molar-refractivity contribution < 1.29 is 19.1 Å². The SMILES string of the molecule is COc1ccc(Cl)cc1C(=O)OCC(=O)Nc1cccc2ccccc12. The van der Waals surface area contributed by atoms with Gasteiger partial charge in [0, 0.05) is 16.1 Å². The normalized spacial score (nSPS) is 10.4. The number of methoxy groups -OCH3 is 1. The molecule has 132 valence electrons. The average molecular weight is 370 g/mol. The molecule has 5 nitrogen and oxygen atoms in total. The van der Waals surface area contributed by atoms with E-state index in [4.69, 9.17) is 21.1 Å². The van der Waals surface area contributed by atoms with Crippen molar-refractivity contribution in [2.75, 3.05) is 19.0 Å². The third kappa shape index (κ3) is 3.95. The monoisotopic (exact) mass is 369 g/mol. The molecule has 0 saturated carbocycles. The summed E-state index contributed by atoms with van der Waals surface area (Å²) in [5.74, 6) is -0.790. The number of rotatable bonds is 5. The largest absolute Gasteiger partial charge is 0.496 e. The van der Waals surface area contributed by atoms with Crippen LogP contribution in [-0.2, 0) is 9.53 Å². The minimum Gasteiger partial charge on any atom is -0.496 e. The molecule has 3 aromatic rings. The van der Waals surface area contributed by atoms with E-state index in [0.29, 0.717) is 16.5 Å². The Morgan fingerprint density at radius 1 is 1.04 bits per heavy atom. The summed E-state index contributed by atoms with van der Waals surface area (Å²) in [5, 5.41) is 5.05. The highest BCUT2D eigenvalue weighted by Gasteiger charge is 2.16. The maximum absolute atomic E-state index is 12.2. The zero-order valence-corrected chi connectivity index (χ0v) is 14.7. The molecule has 0 aliphatic heterocycles. The van der Waals surface area contributed by atoms with E-state index in [0.717, 1.165) is 10.8 Å². The molecule has 1 amide bonds. The van der Waals surface area contributed by atoms with E-state index >= 15 is 0 Å². The van der Waals surface area contributed by atoms with Gasteiger partial charge in [0.05, 0.1) is 7.11 Å². The van der Waals surface area contributed by atoms with Crippen LogP contribution in [0.3, 0.4) is 0 Å². The molecule has 26 heavy (non-hydrogen) atoms. The number of fused-ring (bicyclic) bond motifs is 1. The molecule has 0 spiro atoms. The summed E-state index contributed by atoms with van der Waals surface area (Å²) in [7, 11) is 1.44. The summed E-state index contributed by atoms with van der Waals surface area (Å²) < 4.78 is 10.2. The molecule has 0 heterocycles. The molecule has 0 aromatic heterocycles. The van der Waals surface area contributed by atoms with Crippen LogP contribution in [0, 0.1) is 0 Å². The molecule has 0 atom stereocenters. The fourth-order valence-corrected chi connectivity index (χ4v) is 2.74. The summed E-state index contributed by atoms with van der Waals surface area (Å²) >= 11 is 5.90. The Bertz CT molecular complexity index is 966. The van der Waals surface area contributed by atoms with E-state index in [1.165, 1.54) is 13.2 Å². The van der Waals surface area contributed by atoms with Gasteiger partial charge in [-0.15, -0.1) is 0 Å². The second-order valence-corrected chi connectivity index (χ2v) is 5.93. The van der Waals surface area contributed by atoms with Crippen molar-refractivity contribution in [3.8, 4) is 5.75 Å². The van der Waals surface area contributed by atoms with Gasteiger partial charge in [0.2, 0.25) is 0 Å². The first kappa shape index (κ1) is 17.8. The van der Waals surface area contributed by atoms with Crippen molar-refractivity contribution in [3.63, 3.8) is 0 Å². The lowest BCUT2D eigenvalue weighted by atomic mass is 10.1. The lowest BCUT2D eigenvalue weighted by Gasteiger charge is -2.11. The third-order valence-electron chi connectivity index (χ3n) is 3.78. The molecule has 3 aromatic carbocycles. The van der Waals surface area contributed by atoms with Crippen molar-refractivity contribution >= 4 is 39.9 Å². The van der Waals surface area contributed by atoms with Crippen LogP contribution in [0.4, 0.5) is 5.69 Å². The highest BCUT2D eigenvalue weighted by Crippen LogP contribution is 2.24. The van der Waals surface area contributed by atoms with Gasteiger partial charge >= 0.3 is 5.97 Å². The van der Waals surface area contributed by atoms with E-state index in [2.05, 4.69) is 5.32 Å². The van der Waals surface area contributed by atoms with Crippen LogP contribution < -0.4 is 10.1 Å². The van der Waals surface area contributed by atoms with Crippen molar-refractivity contribution in [3.05, 3.63) is 71.2 Å². The lowest BCUT2D eigenvalue weighted by molar-refractivity contribution is -0.119. The highest BCUT2D eigenvalue weighted by atomic mass is 35.5. The molecule has 1 N–H and O–H groups in total. The van der Waals surface area contributed by atoms with Crippen LogP contribution in [-0.4, -0.2) is 25.6 Å². The van der Waals surface area contributed by atoms with Crippen molar-refractivity contribution in [2.45, 2.75) is 0 Å². The van der Waals surface area contributed by atoms with Crippen LogP contribution in [0.25, 0.3) is 10.8 Å². The van der Waals surface area contributed by atoms with Crippen LogP contribution in [0.15, 0.2) is 60.7 Å². The minimum absolute atomic E-state index is 0.165. The maximum atomic E-state index is 12.2. The Hall–Kier alpha value is -3.05. The molecule has 3 rings (SSSR count). The minimum atomic E-state index is -0.683. The summed E-state index contributed by atoms with van der Waals surface area (Å²) in [5.41, 5.74) is 0.822. The number of anilines is 1. The molecule has 0 radical (unpaired) electrons. The van der Waals surface area contributed by atoms with E-state index in [1.807, 2.05) is 36.4 Å². The third-order valence-corrected chi connectivity index (χ3v) is 4.01. The predicted molar refractivity (Wildman–Crippen MR) is 101 cm³/mol. The Kier molecular flexibility index (Phi) is 5.39. The van der Waals surface area contributed by atoms with Crippen molar-refractivity contribution in [2.24, 2.45) is 0 Å². The molecule has 0 aliphatic rings. The van der Waals surface area contributed by atoms with Gasteiger partial charge in [-0.2, -0.15) is 0 Å². The van der Waals surface area contributed by atoms with Gasteiger partial charge in [-0.25, -0.2) is 4.79 Å². The molecule has 6 heteroatoms. The molecular formula is C20H16ClNO4. The number of amides is 1. The van der Waals surface area contributed by atoms with E-state index in [9.17, 15) is 9.59 Å². The number of carbonyl (C=O) groups is 2. The summed E-state index contributed by atoms with van der Waals surface area (Å²) in [6, 6.07) is 17.9. The van der Waals surface area contributed by atoms with Crippen LogP contribution in [0.1, 0.15) is 10.4 Å². The molecule has 0 aliphatic carbocycles. The summed E-state index contributed by atoms with van der Waals surface area (Å²) in [4.78, 5) is 24.4. The zero-order valence-electron chi connectivity index (χ0n) is 14.0. The number of ether oxygens (including phenoxy) is 2. The second-order valence-electron chi connectivity index (χ2n) is 5.50. The van der Waals surface area contributed by atoms with E-state index < -0.39 is 18.5 Å². The molecule has 0 fully saturated rings. The molecule has 0 saturated heterocycles. The first-order chi connectivity index (χ1) is 12.6. The van der Waals surface area contributed by atoms with E-state index in [1.54, 1.807) is 18.2 Å². The van der Waals surface area contributed by atoms with Crippen LogP contribution in [0.5, 0.6) is 5.75 Å². The van der Waals surface area contributed by atoms with E-state index in [-0.39, 0.29) is 5.56 Å². The van der Waals surface area contributed by atoms with Gasteiger partial charge < -0.3 is 14.8 Å². The van der Waals surface area contributed by atoms with Crippen molar-refractivity contribution in [1.29, 1.82) is 0 Å². The number of esters is 1. The lowest BCUT2D eigenvalue weighted by Crippen LogP contribution is -2.21. The standard InChI is InChI=1S/C20H16ClNO4/c1-25-18-10-9-14(21)11-16(18)20(24)26-12-19(23)22-17-8-4-6-13-5-2-3-7-15(13)17/h2-11H,12H2,1H3,(H,22,23). The quantitative estimate of drug-likeness (QED) is 0.681. The molecular weight excluding hydrogens is 354 g/mol. The number of halogens is 1. The van der Waals surface area contributed by atoms with Crippen LogP contribution in [0.2, 0.25) is 5.02 Å². The number of nitrogens with one attached hydrogen (secondary N) is 1. The first-order valence-corrected chi connectivity index (χ1v) is 8.24. The molecule has 0 unspecified atom stereocenters. The van der Waals surface area contributed by atoms with Gasteiger partial charge in [-0.3, -0.25) is 4.79 Å². The van der Waals surface area contributed by atoms with Gasteiger partial charge in [0.1, 0.15) is 11.3 Å². The van der Waals surface area contributed by atoms with Gasteiger partial charge in [0.25, 0.3) is 5.91 Å². The Morgan fingerprint density at radius 2 is 1.81 bits per heavy atom.